The van der Waals surface area contributed by atoms with Crippen molar-refractivity contribution >= 4 is 18.0 Å². The number of hydrogen-bond acceptors (Lipinski definition) is 5. The average Bonchev–Trinajstić information content (AvgIpc) is 3.22. The number of carbonyl (C=O) groups excluding carboxylic acids is 2. The van der Waals surface area contributed by atoms with E-state index in [1.165, 1.54) is 6.92 Å². The molecule has 0 aromatic heterocycles. The molecule has 0 aliphatic heterocycles. The molecule has 1 amide bonds. The predicted molar refractivity (Wildman–Crippen MR) is 133 cm³/mol. The zero-order valence-electron chi connectivity index (χ0n) is 19.6. The van der Waals surface area contributed by atoms with Gasteiger partial charge in [-0.25, -0.2) is 9.59 Å². The Morgan fingerprint density at radius 2 is 1.47 bits per heavy atom. The summed E-state index contributed by atoms with van der Waals surface area (Å²) in [5, 5.41) is 12.0. The van der Waals surface area contributed by atoms with Crippen molar-refractivity contribution in [2.24, 2.45) is 5.92 Å². The number of carboxylic acid groups (broad SMARTS) is 1. The highest BCUT2D eigenvalue weighted by Gasteiger charge is 2.36. The van der Waals surface area contributed by atoms with E-state index in [4.69, 9.17) is 9.47 Å². The summed E-state index contributed by atoms with van der Waals surface area (Å²) in [4.78, 5) is 37.3. The van der Waals surface area contributed by atoms with E-state index in [-0.39, 0.29) is 19.1 Å². The van der Waals surface area contributed by atoms with Crippen LogP contribution in [0.3, 0.4) is 0 Å². The Morgan fingerprint density at radius 1 is 0.889 bits per heavy atom. The molecule has 0 saturated heterocycles. The molecule has 2 N–H and O–H groups in total. The second-order valence-electron chi connectivity index (χ2n) is 8.25. The number of amides is 1. The van der Waals surface area contributed by atoms with Gasteiger partial charge in [-0.3, -0.25) is 4.79 Å². The summed E-state index contributed by atoms with van der Waals surface area (Å²) in [5.41, 5.74) is 4.95. The normalized spacial score (nSPS) is 13.2. The fraction of sp³-hybridized carbons (Fsp3) is 0.207. The lowest BCUT2D eigenvalue weighted by atomic mass is 9.98. The van der Waals surface area contributed by atoms with Crippen molar-refractivity contribution in [2.75, 3.05) is 6.61 Å². The number of carbonyl (C=O) groups is 3. The van der Waals surface area contributed by atoms with Gasteiger partial charge in [-0.15, -0.1) is 5.92 Å². The Hall–Kier alpha value is -4.57. The first-order valence-corrected chi connectivity index (χ1v) is 11.5. The first-order chi connectivity index (χ1) is 17.5. The van der Waals surface area contributed by atoms with Crippen molar-refractivity contribution < 1.29 is 29.0 Å². The number of fused-ring (bicyclic) bond motifs is 3. The van der Waals surface area contributed by atoms with E-state index < -0.39 is 30.0 Å². The molecule has 7 nitrogen and oxygen atoms in total. The third-order valence-corrected chi connectivity index (χ3v) is 5.99. The molecule has 7 heteroatoms. The molecule has 3 aromatic rings. The molecule has 182 valence electrons. The van der Waals surface area contributed by atoms with Crippen LogP contribution >= 0.6 is 0 Å². The Bertz CT molecular complexity index is 1280. The molecule has 1 aliphatic carbocycles. The molecule has 3 aromatic carbocycles. The van der Waals surface area contributed by atoms with Crippen LogP contribution in [0, 0.1) is 17.8 Å². The third-order valence-electron chi connectivity index (χ3n) is 5.99. The topological polar surface area (TPSA) is 102 Å². The van der Waals surface area contributed by atoms with E-state index in [2.05, 4.69) is 17.2 Å². The lowest BCUT2D eigenvalue weighted by molar-refractivity contribution is -0.153. The Balaban J connectivity index is 1.43. The maximum atomic E-state index is 12.7. The van der Waals surface area contributed by atoms with Gasteiger partial charge in [-0.2, -0.15) is 0 Å². The van der Waals surface area contributed by atoms with Crippen LogP contribution in [-0.4, -0.2) is 35.8 Å². The van der Waals surface area contributed by atoms with Crippen LogP contribution < -0.4 is 5.32 Å². The average molecular weight is 484 g/mol. The van der Waals surface area contributed by atoms with Gasteiger partial charge in [-0.1, -0.05) is 84.8 Å². The molecule has 0 bridgehead atoms. The van der Waals surface area contributed by atoms with Crippen LogP contribution in [0.2, 0.25) is 0 Å². The second-order valence-corrected chi connectivity index (χ2v) is 8.25. The van der Waals surface area contributed by atoms with Crippen molar-refractivity contribution in [3.05, 3.63) is 95.6 Å². The minimum Gasteiger partial charge on any atom is -0.480 e. The zero-order chi connectivity index (χ0) is 25.5. The number of esters is 1. The van der Waals surface area contributed by atoms with Gasteiger partial charge in [0.15, 0.2) is 6.04 Å². The van der Waals surface area contributed by atoms with Gasteiger partial charge in [0, 0.05) is 5.92 Å². The summed E-state index contributed by atoms with van der Waals surface area (Å²) in [5.74, 6) is 1.24. The minimum atomic E-state index is -1.64. The van der Waals surface area contributed by atoms with Gasteiger partial charge >= 0.3 is 18.0 Å². The number of nitrogens with one attached hydrogen (secondary N) is 1. The van der Waals surface area contributed by atoms with Gasteiger partial charge < -0.3 is 19.9 Å². The molecular weight excluding hydrogens is 458 g/mol. The number of aliphatic carboxylic acids is 1. The maximum absolute atomic E-state index is 12.7. The molecule has 0 heterocycles. The Morgan fingerprint density at radius 3 is 2.06 bits per heavy atom. The van der Waals surface area contributed by atoms with Crippen LogP contribution in [0.15, 0.2) is 78.9 Å². The van der Waals surface area contributed by atoms with E-state index in [0.717, 1.165) is 27.8 Å². The van der Waals surface area contributed by atoms with E-state index in [1.807, 2.05) is 54.6 Å². The van der Waals surface area contributed by atoms with Crippen LogP contribution in [0.4, 0.5) is 4.79 Å². The van der Waals surface area contributed by atoms with Crippen molar-refractivity contribution in [3.8, 4) is 23.0 Å². The third kappa shape index (κ3) is 5.39. The van der Waals surface area contributed by atoms with Crippen molar-refractivity contribution in [1.29, 1.82) is 0 Å². The number of rotatable bonds is 8. The highest BCUT2D eigenvalue weighted by molar-refractivity contribution is 5.89. The summed E-state index contributed by atoms with van der Waals surface area (Å²) in [6.45, 7) is 1.44. The summed E-state index contributed by atoms with van der Waals surface area (Å²) in [7, 11) is 0. The Kier molecular flexibility index (Phi) is 7.66. The summed E-state index contributed by atoms with van der Waals surface area (Å²) >= 11 is 0. The molecule has 0 spiro atoms. The largest absolute Gasteiger partial charge is 0.480 e. The van der Waals surface area contributed by atoms with Crippen LogP contribution in [-0.2, 0) is 25.7 Å². The summed E-state index contributed by atoms with van der Waals surface area (Å²) < 4.78 is 10.7. The van der Waals surface area contributed by atoms with E-state index in [0.29, 0.717) is 0 Å². The van der Waals surface area contributed by atoms with Crippen LogP contribution in [0.1, 0.15) is 29.5 Å². The fourth-order valence-electron chi connectivity index (χ4n) is 4.31. The molecule has 1 aliphatic rings. The van der Waals surface area contributed by atoms with Crippen LogP contribution in [0.5, 0.6) is 0 Å². The van der Waals surface area contributed by atoms with E-state index in [1.54, 1.807) is 24.3 Å². The summed E-state index contributed by atoms with van der Waals surface area (Å²) in [6.07, 6.45) is -0.956. The molecule has 2 atom stereocenters. The monoisotopic (exact) mass is 483 g/mol. The van der Waals surface area contributed by atoms with Gasteiger partial charge in [0.05, 0.1) is 0 Å². The molecule has 0 saturated carbocycles. The van der Waals surface area contributed by atoms with Crippen molar-refractivity contribution in [3.63, 3.8) is 0 Å². The van der Waals surface area contributed by atoms with Gasteiger partial charge in [-0.05, 0) is 34.7 Å². The van der Waals surface area contributed by atoms with E-state index in [9.17, 15) is 19.5 Å². The van der Waals surface area contributed by atoms with Gasteiger partial charge in [0.2, 0.25) is 0 Å². The molecule has 0 radical (unpaired) electrons. The molecule has 0 fully saturated rings. The number of ether oxygens (including phenoxy) is 2. The summed E-state index contributed by atoms with van der Waals surface area (Å²) in [6, 6.07) is 23.1. The highest BCUT2D eigenvalue weighted by atomic mass is 16.6. The number of alkyl carbamates (subject to hydrolysis) is 1. The predicted octanol–water partition coefficient (Wildman–Crippen LogP) is 4.36. The lowest BCUT2D eigenvalue weighted by Crippen LogP contribution is -2.48. The smallest absolute Gasteiger partial charge is 0.407 e. The molecule has 4 rings (SSSR count). The molecule has 36 heavy (non-hydrogen) atoms. The zero-order valence-corrected chi connectivity index (χ0v) is 19.6. The fourth-order valence-corrected chi connectivity index (χ4v) is 4.31. The van der Waals surface area contributed by atoms with Gasteiger partial charge in [0.25, 0.3) is 0 Å². The Labute approximate surface area is 209 Å². The standard InChI is InChI=1S/C29H25NO6/c1-2-10-24(28(33)35-17-19-11-4-3-5-12-19)26(27(31)32)30-29(34)36-18-25-22-15-8-6-13-20(22)21-14-7-9-16-23(21)25/h3-9,11-16,24-26H,17-18H2,1H3,(H,30,34)(H,31,32)/t24?,26-/m0/s1. The number of hydrogen-bond donors (Lipinski definition) is 2. The van der Waals surface area contributed by atoms with Crippen molar-refractivity contribution in [2.45, 2.75) is 25.5 Å². The molecular formula is C29H25NO6. The minimum absolute atomic E-state index is 0.00871. The molecule has 1 unspecified atom stereocenters. The first-order valence-electron chi connectivity index (χ1n) is 11.5. The lowest BCUT2D eigenvalue weighted by Gasteiger charge is -2.20. The second kappa shape index (κ2) is 11.2. The number of carboxylic acids is 1. The quantitative estimate of drug-likeness (QED) is 0.365. The van der Waals surface area contributed by atoms with Crippen LogP contribution in [0.25, 0.3) is 11.1 Å². The highest BCUT2D eigenvalue weighted by Crippen LogP contribution is 2.44. The maximum Gasteiger partial charge on any atom is 0.407 e. The first kappa shape index (κ1) is 24.6. The SMILES string of the molecule is CC#CC(C(=O)OCc1ccccc1)[C@H](NC(=O)OCC1c2ccccc2-c2ccccc21)C(=O)O. The van der Waals surface area contributed by atoms with E-state index >= 15 is 0 Å². The number of benzene rings is 3. The van der Waals surface area contributed by atoms with Crippen molar-refractivity contribution in [1.82, 2.24) is 5.32 Å². The van der Waals surface area contributed by atoms with Gasteiger partial charge in [0.1, 0.15) is 19.1 Å².